The number of rotatable bonds is 3. The Kier molecular flexibility index (Phi) is 2.78. The van der Waals surface area contributed by atoms with Gasteiger partial charge in [-0.2, -0.15) is 5.10 Å². The van der Waals surface area contributed by atoms with Crippen LogP contribution in [0.15, 0.2) is 10.6 Å². The molecule has 2 rings (SSSR count). The van der Waals surface area contributed by atoms with E-state index in [4.69, 9.17) is 10.3 Å². The first-order valence-electron chi connectivity index (χ1n) is 5.27. The van der Waals surface area contributed by atoms with E-state index in [1.54, 1.807) is 0 Å². The second-order valence-corrected chi connectivity index (χ2v) is 3.95. The summed E-state index contributed by atoms with van der Waals surface area (Å²) in [5.41, 5.74) is 9.60. The molecule has 16 heavy (non-hydrogen) atoms. The Morgan fingerprint density at radius 3 is 2.69 bits per heavy atom. The standard InChI is InChI=1S/C11H16N4O/c1-7-4-8(2)15(13-7)6-10-9(3)16-14-11(10)5-12/h4H,5-6,12H2,1-3H3. The maximum Gasteiger partial charge on any atom is 0.139 e. The van der Waals surface area contributed by atoms with Crippen LogP contribution < -0.4 is 5.73 Å². The number of nitrogens with zero attached hydrogens (tertiary/aromatic N) is 3. The Hall–Kier alpha value is -1.62. The average Bonchev–Trinajstić information content (AvgIpc) is 2.73. The van der Waals surface area contributed by atoms with E-state index in [-0.39, 0.29) is 0 Å². The van der Waals surface area contributed by atoms with E-state index in [9.17, 15) is 0 Å². The molecule has 0 fully saturated rings. The van der Waals surface area contributed by atoms with Crippen molar-refractivity contribution in [3.8, 4) is 0 Å². The molecule has 2 aromatic heterocycles. The highest BCUT2D eigenvalue weighted by molar-refractivity contribution is 5.23. The summed E-state index contributed by atoms with van der Waals surface area (Å²) in [4.78, 5) is 0. The zero-order chi connectivity index (χ0) is 11.7. The summed E-state index contributed by atoms with van der Waals surface area (Å²) in [7, 11) is 0. The van der Waals surface area contributed by atoms with Crippen LogP contribution in [0.1, 0.15) is 28.4 Å². The molecule has 0 amide bonds. The predicted molar refractivity (Wildman–Crippen MR) is 59.9 cm³/mol. The summed E-state index contributed by atoms with van der Waals surface area (Å²) in [5, 5.41) is 8.33. The van der Waals surface area contributed by atoms with E-state index in [0.29, 0.717) is 13.1 Å². The van der Waals surface area contributed by atoms with Crippen molar-refractivity contribution in [1.82, 2.24) is 14.9 Å². The lowest BCUT2D eigenvalue weighted by Gasteiger charge is -2.04. The average molecular weight is 220 g/mol. The first-order chi connectivity index (χ1) is 7.61. The van der Waals surface area contributed by atoms with Gasteiger partial charge in [0.05, 0.1) is 12.2 Å². The van der Waals surface area contributed by atoms with Gasteiger partial charge in [0.15, 0.2) is 0 Å². The van der Waals surface area contributed by atoms with Crippen LogP contribution in [0.2, 0.25) is 0 Å². The smallest absolute Gasteiger partial charge is 0.139 e. The van der Waals surface area contributed by atoms with E-state index in [2.05, 4.69) is 10.3 Å². The van der Waals surface area contributed by atoms with E-state index in [1.807, 2.05) is 31.5 Å². The van der Waals surface area contributed by atoms with Gasteiger partial charge in [0, 0.05) is 17.8 Å². The van der Waals surface area contributed by atoms with Gasteiger partial charge in [-0.05, 0) is 26.8 Å². The lowest BCUT2D eigenvalue weighted by Crippen LogP contribution is -2.08. The Labute approximate surface area is 94.2 Å². The summed E-state index contributed by atoms with van der Waals surface area (Å²) in [6.07, 6.45) is 0. The van der Waals surface area contributed by atoms with Crippen LogP contribution in [0.5, 0.6) is 0 Å². The summed E-state index contributed by atoms with van der Waals surface area (Å²) in [6.45, 7) is 6.97. The highest BCUT2D eigenvalue weighted by atomic mass is 16.5. The number of hydrogen-bond acceptors (Lipinski definition) is 4. The van der Waals surface area contributed by atoms with E-state index >= 15 is 0 Å². The van der Waals surface area contributed by atoms with Crippen LogP contribution in [-0.2, 0) is 13.1 Å². The predicted octanol–water partition coefficient (Wildman–Crippen LogP) is 1.30. The third-order valence-electron chi connectivity index (χ3n) is 2.67. The fourth-order valence-electron chi connectivity index (χ4n) is 1.78. The van der Waals surface area contributed by atoms with Crippen molar-refractivity contribution in [1.29, 1.82) is 0 Å². The molecule has 0 spiro atoms. The minimum Gasteiger partial charge on any atom is -0.361 e. The topological polar surface area (TPSA) is 69.9 Å². The van der Waals surface area contributed by atoms with E-state index in [1.165, 1.54) is 0 Å². The molecule has 0 saturated heterocycles. The molecule has 2 heterocycles. The molecule has 2 N–H and O–H groups in total. The fourth-order valence-corrected chi connectivity index (χ4v) is 1.78. The zero-order valence-electron chi connectivity index (χ0n) is 9.82. The van der Waals surface area contributed by atoms with Crippen LogP contribution in [0.3, 0.4) is 0 Å². The van der Waals surface area contributed by atoms with Gasteiger partial charge in [-0.15, -0.1) is 0 Å². The van der Waals surface area contributed by atoms with Crippen molar-refractivity contribution >= 4 is 0 Å². The summed E-state index contributed by atoms with van der Waals surface area (Å²) < 4.78 is 7.07. The van der Waals surface area contributed by atoms with Gasteiger partial charge in [0.1, 0.15) is 11.5 Å². The third-order valence-corrected chi connectivity index (χ3v) is 2.67. The molecule has 0 saturated carbocycles. The van der Waals surface area contributed by atoms with Crippen molar-refractivity contribution in [2.75, 3.05) is 0 Å². The first kappa shape index (κ1) is 10.9. The van der Waals surface area contributed by atoms with Crippen LogP contribution >= 0.6 is 0 Å². The van der Waals surface area contributed by atoms with Gasteiger partial charge in [-0.25, -0.2) is 0 Å². The Morgan fingerprint density at radius 2 is 2.12 bits per heavy atom. The summed E-state index contributed by atoms with van der Waals surface area (Å²) >= 11 is 0. The van der Waals surface area contributed by atoms with Crippen molar-refractivity contribution in [3.05, 3.63) is 34.5 Å². The molecule has 0 aliphatic carbocycles. The Bertz CT molecular complexity index is 498. The number of nitrogens with two attached hydrogens (primary N) is 1. The molecule has 0 radical (unpaired) electrons. The quantitative estimate of drug-likeness (QED) is 0.846. The zero-order valence-corrected chi connectivity index (χ0v) is 9.82. The maximum absolute atomic E-state index is 5.61. The van der Waals surface area contributed by atoms with Gasteiger partial charge in [0.2, 0.25) is 0 Å². The number of aromatic nitrogens is 3. The van der Waals surface area contributed by atoms with Crippen molar-refractivity contribution in [2.24, 2.45) is 5.73 Å². The van der Waals surface area contributed by atoms with Crippen LogP contribution in [-0.4, -0.2) is 14.9 Å². The van der Waals surface area contributed by atoms with Gasteiger partial charge in [0.25, 0.3) is 0 Å². The lowest BCUT2D eigenvalue weighted by molar-refractivity contribution is 0.389. The summed E-state index contributed by atoms with van der Waals surface area (Å²) in [5.74, 6) is 0.813. The lowest BCUT2D eigenvalue weighted by atomic mass is 10.2. The highest BCUT2D eigenvalue weighted by Crippen LogP contribution is 2.15. The third kappa shape index (κ3) is 1.86. The SMILES string of the molecule is Cc1cc(C)n(Cc2c(CN)noc2C)n1. The first-order valence-corrected chi connectivity index (χ1v) is 5.27. The molecule has 0 unspecified atom stereocenters. The number of aryl methyl sites for hydroxylation is 3. The van der Waals surface area contributed by atoms with Gasteiger partial charge in [-0.1, -0.05) is 5.16 Å². The molecule has 2 aromatic rings. The van der Waals surface area contributed by atoms with Crippen molar-refractivity contribution in [2.45, 2.75) is 33.9 Å². The largest absolute Gasteiger partial charge is 0.361 e. The fraction of sp³-hybridized carbons (Fsp3) is 0.455. The Morgan fingerprint density at radius 1 is 1.38 bits per heavy atom. The number of hydrogen-bond donors (Lipinski definition) is 1. The van der Waals surface area contributed by atoms with Crippen LogP contribution in [0.4, 0.5) is 0 Å². The van der Waals surface area contributed by atoms with Crippen molar-refractivity contribution < 1.29 is 4.52 Å². The monoisotopic (exact) mass is 220 g/mol. The van der Waals surface area contributed by atoms with Gasteiger partial charge >= 0.3 is 0 Å². The molecule has 5 nitrogen and oxygen atoms in total. The Balaban J connectivity index is 2.33. The second kappa shape index (κ2) is 4.09. The molecule has 5 heteroatoms. The van der Waals surface area contributed by atoms with Gasteiger partial charge < -0.3 is 10.3 Å². The molecular weight excluding hydrogens is 204 g/mol. The van der Waals surface area contributed by atoms with Crippen molar-refractivity contribution in [3.63, 3.8) is 0 Å². The molecule has 0 aliphatic rings. The van der Waals surface area contributed by atoms with Crippen LogP contribution in [0.25, 0.3) is 0 Å². The minimum absolute atomic E-state index is 0.395. The van der Waals surface area contributed by atoms with E-state index < -0.39 is 0 Å². The minimum atomic E-state index is 0.395. The normalized spacial score (nSPS) is 11.0. The molecule has 0 aromatic carbocycles. The highest BCUT2D eigenvalue weighted by Gasteiger charge is 2.13. The van der Waals surface area contributed by atoms with E-state index in [0.717, 1.165) is 28.4 Å². The maximum atomic E-state index is 5.61. The molecule has 0 atom stereocenters. The summed E-state index contributed by atoms with van der Waals surface area (Å²) in [6, 6.07) is 2.05. The second-order valence-electron chi connectivity index (χ2n) is 3.95. The van der Waals surface area contributed by atoms with Gasteiger partial charge in [-0.3, -0.25) is 4.68 Å². The molecular formula is C11H16N4O. The van der Waals surface area contributed by atoms with Crippen LogP contribution in [0, 0.1) is 20.8 Å². The molecule has 0 bridgehead atoms. The molecule has 0 aliphatic heterocycles. The molecule has 86 valence electrons.